The molecule has 26 heavy (non-hydrogen) atoms. The molecule has 130 valence electrons. The normalized spacial score (nSPS) is 11.3. The van der Waals surface area contributed by atoms with E-state index in [2.05, 4.69) is 10.2 Å². The van der Waals surface area contributed by atoms with Crippen LogP contribution in [0.25, 0.3) is 22.2 Å². The number of hydrogen-bond acceptors (Lipinski definition) is 4. The zero-order valence-corrected chi connectivity index (χ0v) is 13.5. The summed E-state index contributed by atoms with van der Waals surface area (Å²) in [6.07, 6.45) is -1.26. The number of rotatable bonds is 4. The van der Waals surface area contributed by atoms with Crippen LogP contribution in [-0.2, 0) is 6.54 Å². The largest absolute Gasteiger partial charge is 0.415 e. The van der Waals surface area contributed by atoms with E-state index in [1.807, 2.05) is 42.5 Å². The Hall–Kier alpha value is -3.35. The summed E-state index contributed by atoms with van der Waals surface area (Å²) in [6, 6.07) is 16.9. The third-order valence-electron chi connectivity index (χ3n) is 4.04. The van der Waals surface area contributed by atoms with Crippen LogP contribution >= 0.6 is 0 Å². The van der Waals surface area contributed by atoms with Crippen molar-refractivity contribution < 1.29 is 13.2 Å². The number of nitrogens with zero attached hydrogens (tertiary/aromatic N) is 3. The first-order chi connectivity index (χ1) is 12.6. The van der Waals surface area contributed by atoms with Crippen LogP contribution in [0.1, 0.15) is 17.9 Å². The lowest BCUT2D eigenvalue weighted by Gasteiger charge is -2.07. The Morgan fingerprint density at radius 3 is 2.54 bits per heavy atom. The van der Waals surface area contributed by atoms with E-state index in [1.165, 1.54) is 10.6 Å². The summed E-state index contributed by atoms with van der Waals surface area (Å²) in [5.74, 6) is -0.865. The number of halogens is 2. The van der Waals surface area contributed by atoms with Crippen molar-refractivity contribution in [2.24, 2.45) is 0 Å². The Kier molecular flexibility index (Phi) is 4.04. The molecule has 2 heterocycles. The molecule has 0 spiro atoms. The van der Waals surface area contributed by atoms with Gasteiger partial charge >= 0.3 is 6.43 Å². The summed E-state index contributed by atoms with van der Waals surface area (Å²) in [5, 5.41) is 9.04. The zero-order chi connectivity index (χ0) is 18.1. The van der Waals surface area contributed by atoms with Gasteiger partial charge in [-0.1, -0.05) is 36.4 Å². The van der Waals surface area contributed by atoms with Gasteiger partial charge in [-0.3, -0.25) is 4.79 Å². The number of aromatic nitrogens is 3. The van der Waals surface area contributed by atoms with Crippen molar-refractivity contribution in [3.63, 3.8) is 0 Å². The van der Waals surface area contributed by atoms with Crippen LogP contribution in [0.2, 0.25) is 0 Å². The molecule has 0 fully saturated rings. The molecule has 2 aromatic carbocycles. The van der Waals surface area contributed by atoms with Gasteiger partial charge in [0.15, 0.2) is 0 Å². The third-order valence-corrected chi connectivity index (χ3v) is 4.04. The standard InChI is InChI=1S/C19H13F2N3O2/c20-17(21)19-23-22-18(26-19)15-7-8-24(16(25)10-15)11-12-5-6-13-3-1-2-4-14(13)9-12/h1-10,17H,11H2. The number of hydrogen-bond donors (Lipinski definition) is 0. The summed E-state index contributed by atoms with van der Waals surface area (Å²) in [5.41, 5.74) is 1.01. The molecule has 0 saturated heterocycles. The summed E-state index contributed by atoms with van der Waals surface area (Å²) >= 11 is 0. The summed E-state index contributed by atoms with van der Waals surface area (Å²) < 4.78 is 31.5. The first kappa shape index (κ1) is 16.1. The third kappa shape index (κ3) is 3.11. The molecule has 0 radical (unpaired) electrons. The van der Waals surface area contributed by atoms with Crippen LogP contribution in [0.15, 0.2) is 70.0 Å². The average Bonchev–Trinajstić information content (AvgIpc) is 3.14. The number of pyridine rings is 1. The maximum atomic E-state index is 12.5. The maximum Gasteiger partial charge on any atom is 0.314 e. The summed E-state index contributed by atoms with van der Waals surface area (Å²) in [4.78, 5) is 12.3. The Morgan fingerprint density at radius 1 is 1.00 bits per heavy atom. The van der Waals surface area contributed by atoms with Crippen LogP contribution in [0, 0.1) is 0 Å². The highest BCUT2D eigenvalue weighted by Crippen LogP contribution is 2.22. The van der Waals surface area contributed by atoms with Crippen molar-refractivity contribution in [3.8, 4) is 11.5 Å². The predicted molar refractivity (Wildman–Crippen MR) is 92.0 cm³/mol. The van der Waals surface area contributed by atoms with Crippen LogP contribution < -0.4 is 5.56 Å². The highest BCUT2D eigenvalue weighted by atomic mass is 19.3. The molecule has 5 nitrogen and oxygen atoms in total. The van der Waals surface area contributed by atoms with Gasteiger partial charge in [0.2, 0.25) is 5.89 Å². The maximum absolute atomic E-state index is 12.5. The van der Waals surface area contributed by atoms with Crippen LogP contribution in [0.4, 0.5) is 8.78 Å². The molecule has 4 rings (SSSR count). The second-order valence-corrected chi connectivity index (χ2v) is 5.81. The van der Waals surface area contributed by atoms with Gasteiger partial charge in [-0.25, -0.2) is 0 Å². The van der Waals surface area contributed by atoms with Crippen LogP contribution in [0.5, 0.6) is 0 Å². The fourth-order valence-corrected chi connectivity index (χ4v) is 2.74. The van der Waals surface area contributed by atoms with Crippen molar-refractivity contribution >= 4 is 10.8 Å². The average molecular weight is 353 g/mol. The topological polar surface area (TPSA) is 60.9 Å². The quantitative estimate of drug-likeness (QED) is 0.556. The molecule has 7 heteroatoms. The van der Waals surface area contributed by atoms with Gasteiger partial charge in [-0.05, 0) is 28.5 Å². The van der Waals surface area contributed by atoms with Crippen LogP contribution in [-0.4, -0.2) is 14.8 Å². The monoisotopic (exact) mass is 353 g/mol. The summed E-state index contributed by atoms with van der Waals surface area (Å²) in [7, 11) is 0. The minimum Gasteiger partial charge on any atom is -0.415 e. The molecule has 0 bridgehead atoms. The van der Waals surface area contributed by atoms with Gasteiger partial charge in [0.05, 0.1) is 6.54 Å². The molecule has 0 saturated carbocycles. The smallest absolute Gasteiger partial charge is 0.314 e. The van der Waals surface area contributed by atoms with Crippen molar-refractivity contribution in [1.29, 1.82) is 0 Å². The van der Waals surface area contributed by atoms with Gasteiger partial charge < -0.3 is 8.98 Å². The minimum atomic E-state index is -2.84. The van der Waals surface area contributed by atoms with Gasteiger partial charge in [0, 0.05) is 17.8 Å². The Morgan fingerprint density at radius 2 is 1.81 bits per heavy atom. The predicted octanol–water partition coefficient (Wildman–Crippen LogP) is 4.04. The van der Waals surface area contributed by atoms with E-state index in [1.54, 1.807) is 12.3 Å². The van der Waals surface area contributed by atoms with Gasteiger partial charge in [-0.2, -0.15) is 8.78 Å². The van der Waals surface area contributed by atoms with Crippen LogP contribution in [0.3, 0.4) is 0 Å². The second-order valence-electron chi connectivity index (χ2n) is 5.81. The summed E-state index contributed by atoms with van der Waals surface area (Å²) in [6.45, 7) is 0.399. The second kappa shape index (κ2) is 6.51. The molecule has 0 N–H and O–H groups in total. The molecule has 0 aliphatic rings. The van der Waals surface area contributed by atoms with Crippen molar-refractivity contribution in [2.75, 3.05) is 0 Å². The van der Waals surface area contributed by atoms with E-state index in [0.717, 1.165) is 16.3 Å². The zero-order valence-electron chi connectivity index (χ0n) is 13.5. The highest BCUT2D eigenvalue weighted by molar-refractivity contribution is 5.82. The van der Waals surface area contributed by atoms with E-state index in [-0.39, 0.29) is 11.4 Å². The SMILES string of the molecule is O=c1cc(-c2nnc(C(F)F)o2)ccn1Cc1ccc2ccccc2c1. The van der Waals surface area contributed by atoms with Crippen molar-refractivity contribution in [1.82, 2.24) is 14.8 Å². The molecule has 0 unspecified atom stereocenters. The number of fused-ring (bicyclic) bond motifs is 1. The molecule has 0 atom stereocenters. The first-order valence-corrected chi connectivity index (χ1v) is 7.90. The van der Waals surface area contributed by atoms with Gasteiger partial charge in [0.1, 0.15) is 0 Å². The Balaban J connectivity index is 1.61. The molecule has 0 aliphatic heterocycles. The first-order valence-electron chi connectivity index (χ1n) is 7.90. The Bertz CT molecular complexity index is 1130. The highest BCUT2D eigenvalue weighted by Gasteiger charge is 2.17. The van der Waals surface area contributed by atoms with E-state index < -0.39 is 12.3 Å². The van der Waals surface area contributed by atoms with E-state index in [4.69, 9.17) is 4.42 Å². The Labute approximate surface area is 146 Å². The van der Waals surface area contributed by atoms with E-state index in [9.17, 15) is 13.6 Å². The fourth-order valence-electron chi connectivity index (χ4n) is 2.74. The molecular weight excluding hydrogens is 340 g/mol. The van der Waals surface area contributed by atoms with Gasteiger partial charge in [-0.15, -0.1) is 10.2 Å². The minimum absolute atomic E-state index is 0.102. The lowest BCUT2D eigenvalue weighted by Crippen LogP contribution is -2.19. The number of alkyl halides is 2. The molecule has 2 aromatic heterocycles. The van der Waals surface area contributed by atoms with Gasteiger partial charge in [0.25, 0.3) is 11.4 Å². The molecular formula is C19H13F2N3O2. The molecule has 4 aromatic rings. The lowest BCUT2D eigenvalue weighted by atomic mass is 10.1. The lowest BCUT2D eigenvalue weighted by molar-refractivity contribution is 0.116. The fraction of sp³-hybridized carbons (Fsp3) is 0.105. The molecule has 0 amide bonds. The molecule has 0 aliphatic carbocycles. The number of benzene rings is 2. The van der Waals surface area contributed by atoms with E-state index in [0.29, 0.717) is 12.1 Å². The van der Waals surface area contributed by atoms with Crippen molar-refractivity contribution in [3.05, 3.63) is 82.6 Å². The van der Waals surface area contributed by atoms with Crippen molar-refractivity contribution in [2.45, 2.75) is 13.0 Å². The van der Waals surface area contributed by atoms with E-state index >= 15 is 0 Å².